The summed E-state index contributed by atoms with van der Waals surface area (Å²) in [6.07, 6.45) is 8.27. The molecule has 3 heterocycles. The number of aryl methyl sites for hydroxylation is 1. The first kappa shape index (κ1) is 18.7. The SMILES string of the molecule is CC(=O)c1cc(C(=O)N2CCC[C@H](c3nccn3CC3CC3)C2)c(=O)[nH]c1C. The van der Waals surface area contributed by atoms with Crippen molar-refractivity contribution < 1.29 is 9.59 Å². The number of aromatic nitrogens is 3. The summed E-state index contributed by atoms with van der Waals surface area (Å²) in [6.45, 7) is 5.26. The van der Waals surface area contributed by atoms with E-state index in [2.05, 4.69) is 14.5 Å². The average Bonchev–Trinajstić information content (AvgIpc) is 3.36. The van der Waals surface area contributed by atoms with Crippen molar-refractivity contribution in [2.75, 3.05) is 13.1 Å². The standard InChI is InChI=1S/C21H26N4O3/c1-13-17(14(2)26)10-18(20(27)23-13)21(28)25-8-3-4-16(12-25)19-22-7-9-24(19)11-15-5-6-15/h7,9-10,15-16H,3-6,8,11-12H2,1-2H3,(H,23,27)/t16-/m0/s1. The first-order valence-electron chi connectivity index (χ1n) is 9.99. The summed E-state index contributed by atoms with van der Waals surface area (Å²) in [5.41, 5.74) is 0.479. The molecule has 2 fully saturated rings. The lowest BCUT2D eigenvalue weighted by Crippen LogP contribution is -2.42. The summed E-state index contributed by atoms with van der Waals surface area (Å²) in [5.74, 6) is 1.48. The molecule has 0 unspecified atom stereocenters. The topological polar surface area (TPSA) is 88.1 Å². The van der Waals surface area contributed by atoms with Gasteiger partial charge < -0.3 is 14.5 Å². The number of H-pyrrole nitrogens is 1. The summed E-state index contributed by atoms with van der Waals surface area (Å²) in [6, 6.07) is 1.44. The van der Waals surface area contributed by atoms with Gasteiger partial charge in [0.05, 0.1) is 0 Å². The molecular weight excluding hydrogens is 356 g/mol. The van der Waals surface area contributed by atoms with Gasteiger partial charge in [-0.15, -0.1) is 0 Å². The zero-order chi connectivity index (χ0) is 19.8. The number of rotatable bonds is 5. The van der Waals surface area contributed by atoms with Gasteiger partial charge in [0.15, 0.2) is 5.78 Å². The molecule has 1 atom stereocenters. The van der Waals surface area contributed by atoms with E-state index >= 15 is 0 Å². The Morgan fingerprint density at radius 1 is 1.25 bits per heavy atom. The maximum absolute atomic E-state index is 13.1. The van der Waals surface area contributed by atoms with Crippen molar-refractivity contribution in [2.24, 2.45) is 5.92 Å². The highest BCUT2D eigenvalue weighted by atomic mass is 16.2. The van der Waals surface area contributed by atoms with Crippen LogP contribution in [-0.2, 0) is 6.54 Å². The van der Waals surface area contributed by atoms with Gasteiger partial charge in [0.1, 0.15) is 11.4 Å². The van der Waals surface area contributed by atoms with Crippen molar-refractivity contribution in [3.8, 4) is 0 Å². The molecule has 2 aromatic heterocycles. The van der Waals surface area contributed by atoms with Gasteiger partial charge in [-0.3, -0.25) is 14.4 Å². The lowest BCUT2D eigenvalue weighted by atomic mass is 9.96. The first-order chi connectivity index (χ1) is 13.4. The van der Waals surface area contributed by atoms with Gasteiger partial charge in [0.2, 0.25) is 0 Å². The number of imidazole rings is 1. The van der Waals surface area contributed by atoms with E-state index < -0.39 is 5.56 Å². The fourth-order valence-electron chi connectivity index (χ4n) is 4.10. The molecule has 0 bridgehead atoms. The molecule has 1 aliphatic heterocycles. The number of amides is 1. The van der Waals surface area contributed by atoms with Crippen LogP contribution in [0.4, 0.5) is 0 Å². The molecule has 4 rings (SSSR count). The van der Waals surface area contributed by atoms with Crippen molar-refractivity contribution in [1.29, 1.82) is 0 Å². The highest BCUT2D eigenvalue weighted by molar-refractivity contribution is 5.99. The Labute approximate surface area is 163 Å². The number of piperidine rings is 1. The molecule has 7 heteroatoms. The maximum Gasteiger partial charge on any atom is 0.261 e. The van der Waals surface area contributed by atoms with Crippen molar-refractivity contribution in [3.05, 3.63) is 51.5 Å². The number of carbonyl (C=O) groups is 2. The van der Waals surface area contributed by atoms with E-state index in [1.54, 1.807) is 11.8 Å². The third-order valence-electron chi connectivity index (χ3n) is 5.82. The quantitative estimate of drug-likeness (QED) is 0.805. The number of hydrogen-bond acceptors (Lipinski definition) is 4. The van der Waals surface area contributed by atoms with Crippen LogP contribution in [0.1, 0.15) is 70.8 Å². The Balaban J connectivity index is 1.56. The Hall–Kier alpha value is -2.70. The molecule has 7 nitrogen and oxygen atoms in total. The second-order valence-electron chi connectivity index (χ2n) is 8.08. The molecule has 28 heavy (non-hydrogen) atoms. The zero-order valence-electron chi connectivity index (χ0n) is 16.4. The third kappa shape index (κ3) is 3.66. The fraction of sp³-hybridized carbons (Fsp3) is 0.524. The summed E-state index contributed by atoms with van der Waals surface area (Å²) >= 11 is 0. The molecule has 148 valence electrons. The Bertz CT molecular complexity index is 970. The number of nitrogens with one attached hydrogen (secondary N) is 1. The largest absolute Gasteiger partial charge is 0.338 e. The van der Waals surface area contributed by atoms with Crippen molar-refractivity contribution >= 4 is 11.7 Å². The van der Waals surface area contributed by atoms with E-state index in [0.717, 1.165) is 31.1 Å². The Kier molecular flexibility index (Phi) is 4.91. The van der Waals surface area contributed by atoms with E-state index in [1.165, 1.54) is 25.8 Å². The maximum atomic E-state index is 13.1. The van der Waals surface area contributed by atoms with E-state index in [1.807, 2.05) is 12.4 Å². The molecule has 2 aliphatic rings. The number of Topliss-reactive ketones (excluding diaryl/α,β-unsaturated/α-hetero) is 1. The summed E-state index contributed by atoms with van der Waals surface area (Å²) < 4.78 is 2.23. The van der Waals surface area contributed by atoms with Crippen LogP contribution >= 0.6 is 0 Å². The molecule has 1 saturated carbocycles. The minimum atomic E-state index is -0.440. The van der Waals surface area contributed by atoms with Gasteiger partial charge >= 0.3 is 0 Å². The van der Waals surface area contributed by atoms with Gasteiger partial charge in [-0.05, 0) is 51.5 Å². The van der Waals surface area contributed by atoms with Crippen LogP contribution in [0.3, 0.4) is 0 Å². The smallest absolute Gasteiger partial charge is 0.261 e. The first-order valence-corrected chi connectivity index (χ1v) is 9.99. The monoisotopic (exact) mass is 382 g/mol. The van der Waals surface area contributed by atoms with Crippen molar-refractivity contribution in [1.82, 2.24) is 19.4 Å². The lowest BCUT2D eigenvalue weighted by molar-refractivity contribution is 0.0701. The van der Waals surface area contributed by atoms with E-state index in [-0.39, 0.29) is 23.2 Å². The van der Waals surface area contributed by atoms with Crippen LogP contribution in [0.15, 0.2) is 23.3 Å². The number of carbonyl (C=O) groups excluding carboxylic acids is 2. The van der Waals surface area contributed by atoms with Gasteiger partial charge in [0.25, 0.3) is 11.5 Å². The Morgan fingerprint density at radius 2 is 2.04 bits per heavy atom. The zero-order valence-corrected chi connectivity index (χ0v) is 16.4. The second-order valence-corrected chi connectivity index (χ2v) is 8.08. The van der Waals surface area contributed by atoms with Gasteiger partial charge in [-0.25, -0.2) is 4.98 Å². The van der Waals surface area contributed by atoms with E-state index in [4.69, 9.17) is 0 Å². The van der Waals surface area contributed by atoms with Gasteiger partial charge in [-0.2, -0.15) is 0 Å². The molecule has 1 aliphatic carbocycles. The van der Waals surface area contributed by atoms with Gasteiger partial charge in [0, 0.05) is 49.2 Å². The van der Waals surface area contributed by atoms with Crippen molar-refractivity contribution in [2.45, 2.75) is 52.0 Å². The third-order valence-corrected chi connectivity index (χ3v) is 5.82. The molecule has 0 radical (unpaired) electrons. The molecule has 0 spiro atoms. The second kappa shape index (κ2) is 7.37. The highest BCUT2D eigenvalue weighted by Gasteiger charge is 2.31. The normalized spacial score (nSPS) is 19.6. The minimum absolute atomic E-state index is 0.0396. The summed E-state index contributed by atoms with van der Waals surface area (Å²) in [4.78, 5) is 46.2. The van der Waals surface area contributed by atoms with Crippen LogP contribution in [0, 0.1) is 12.8 Å². The number of aromatic amines is 1. The van der Waals surface area contributed by atoms with Crippen LogP contribution in [0.2, 0.25) is 0 Å². The number of ketones is 1. The minimum Gasteiger partial charge on any atom is -0.338 e. The summed E-state index contributed by atoms with van der Waals surface area (Å²) in [7, 11) is 0. The molecular formula is C21H26N4O3. The number of pyridine rings is 1. The highest BCUT2D eigenvalue weighted by Crippen LogP contribution is 2.33. The predicted molar refractivity (Wildman–Crippen MR) is 105 cm³/mol. The molecule has 1 saturated heterocycles. The molecule has 0 aromatic carbocycles. The molecule has 1 amide bonds. The van der Waals surface area contributed by atoms with Crippen molar-refractivity contribution in [3.63, 3.8) is 0 Å². The summed E-state index contributed by atoms with van der Waals surface area (Å²) in [5, 5.41) is 0. The molecule has 2 aromatic rings. The number of hydrogen-bond donors (Lipinski definition) is 1. The number of likely N-dealkylation sites (tertiary alicyclic amines) is 1. The lowest BCUT2D eigenvalue weighted by Gasteiger charge is -2.32. The molecule has 1 N–H and O–H groups in total. The van der Waals surface area contributed by atoms with Crippen LogP contribution in [0.25, 0.3) is 0 Å². The number of nitrogens with zero attached hydrogens (tertiary/aromatic N) is 3. The van der Waals surface area contributed by atoms with Crippen LogP contribution in [-0.4, -0.2) is 44.2 Å². The average molecular weight is 382 g/mol. The van der Waals surface area contributed by atoms with Crippen LogP contribution < -0.4 is 5.56 Å². The predicted octanol–water partition coefficient (Wildman–Crippen LogP) is 2.51. The Morgan fingerprint density at radius 3 is 2.75 bits per heavy atom. The van der Waals surface area contributed by atoms with E-state index in [0.29, 0.717) is 24.3 Å². The van der Waals surface area contributed by atoms with Crippen LogP contribution in [0.5, 0.6) is 0 Å². The van der Waals surface area contributed by atoms with Gasteiger partial charge in [-0.1, -0.05) is 0 Å². The van der Waals surface area contributed by atoms with E-state index in [9.17, 15) is 14.4 Å². The fourth-order valence-corrected chi connectivity index (χ4v) is 4.10.